The molecule has 0 unspecified atom stereocenters. The molecule has 0 atom stereocenters. The largest absolute Gasteiger partial charge is 0.373 e. The first-order chi connectivity index (χ1) is 9.24. The predicted octanol–water partition coefficient (Wildman–Crippen LogP) is 3.13. The van der Waals surface area contributed by atoms with Gasteiger partial charge in [0.25, 0.3) is 0 Å². The topological polar surface area (TPSA) is 47.3 Å². The lowest BCUT2D eigenvalue weighted by Gasteiger charge is -2.07. The maximum Gasteiger partial charge on any atom is 0.162 e. The molecule has 0 aliphatic heterocycles. The average molecular weight is 266 g/mol. The van der Waals surface area contributed by atoms with Crippen molar-refractivity contribution in [2.24, 2.45) is 11.8 Å². The van der Waals surface area contributed by atoms with E-state index in [0.717, 1.165) is 37.1 Å². The van der Waals surface area contributed by atoms with E-state index in [0.29, 0.717) is 12.5 Å². The lowest BCUT2D eigenvalue weighted by molar-refractivity contribution is 0.0734. The van der Waals surface area contributed by atoms with Crippen LogP contribution in [0.15, 0.2) is 10.6 Å². The number of hydrogen-bond acceptors (Lipinski definition) is 4. The van der Waals surface area contributed by atoms with E-state index in [9.17, 15) is 0 Å². The summed E-state index contributed by atoms with van der Waals surface area (Å²) in [7, 11) is 0. The summed E-state index contributed by atoms with van der Waals surface area (Å²) in [5, 5.41) is 7.40. The molecule has 1 fully saturated rings. The third-order valence-electron chi connectivity index (χ3n) is 3.54. The van der Waals surface area contributed by atoms with Crippen LogP contribution in [0.25, 0.3) is 0 Å². The summed E-state index contributed by atoms with van der Waals surface area (Å²) < 4.78 is 11.0. The Bertz CT molecular complexity index is 357. The van der Waals surface area contributed by atoms with Crippen molar-refractivity contribution in [2.75, 3.05) is 13.2 Å². The maximum absolute atomic E-state index is 5.71. The van der Waals surface area contributed by atoms with Crippen LogP contribution in [0.1, 0.15) is 51.0 Å². The molecule has 108 valence electrons. The van der Waals surface area contributed by atoms with Gasteiger partial charge in [0.2, 0.25) is 0 Å². The highest BCUT2D eigenvalue weighted by molar-refractivity contribution is 5.04. The van der Waals surface area contributed by atoms with E-state index in [1.807, 2.05) is 6.07 Å². The highest BCUT2D eigenvalue weighted by Crippen LogP contribution is 2.24. The second-order valence-corrected chi connectivity index (χ2v) is 5.97. The van der Waals surface area contributed by atoms with E-state index < -0.39 is 0 Å². The molecular weight excluding hydrogens is 240 g/mol. The van der Waals surface area contributed by atoms with Crippen LogP contribution in [-0.2, 0) is 17.9 Å². The van der Waals surface area contributed by atoms with Crippen molar-refractivity contribution < 1.29 is 9.26 Å². The Kier molecular flexibility index (Phi) is 5.86. The minimum Gasteiger partial charge on any atom is -0.373 e. The summed E-state index contributed by atoms with van der Waals surface area (Å²) in [6, 6.07) is 1.99. The zero-order chi connectivity index (χ0) is 13.5. The molecule has 4 heteroatoms. The SMILES string of the molecule is CC(C)CNCc1cc(COCC2CCCC2)on1. The van der Waals surface area contributed by atoms with Gasteiger partial charge in [0, 0.05) is 19.2 Å². The molecule has 1 aliphatic rings. The zero-order valence-corrected chi connectivity index (χ0v) is 12.2. The number of hydrogen-bond donors (Lipinski definition) is 1. The number of rotatable bonds is 8. The van der Waals surface area contributed by atoms with Crippen molar-refractivity contribution in [1.29, 1.82) is 0 Å². The third-order valence-corrected chi connectivity index (χ3v) is 3.54. The first kappa shape index (κ1) is 14.5. The molecule has 0 bridgehead atoms. The highest BCUT2D eigenvalue weighted by atomic mass is 16.5. The van der Waals surface area contributed by atoms with E-state index >= 15 is 0 Å². The minimum absolute atomic E-state index is 0.549. The summed E-state index contributed by atoms with van der Waals surface area (Å²) in [5.74, 6) is 2.25. The third kappa shape index (κ3) is 5.33. The Morgan fingerprint density at radius 1 is 1.42 bits per heavy atom. The number of nitrogens with one attached hydrogen (secondary N) is 1. The average Bonchev–Trinajstić information content (AvgIpc) is 3.00. The van der Waals surface area contributed by atoms with Crippen molar-refractivity contribution in [3.8, 4) is 0 Å². The summed E-state index contributed by atoms with van der Waals surface area (Å²) in [4.78, 5) is 0. The fourth-order valence-electron chi connectivity index (χ4n) is 2.50. The van der Waals surface area contributed by atoms with Crippen LogP contribution < -0.4 is 5.32 Å². The van der Waals surface area contributed by atoms with E-state index in [1.165, 1.54) is 25.7 Å². The van der Waals surface area contributed by atoms with Crippen molar-refractivity contribution in [2.45, 2.75) is 52.7 Å². The van der Waals surface area contributed by atoms with Gasteiger partial charge < -0.3 is 14.6 Å². The van der Waals surface area contributed by atoms with Gasteiger partial charge in [-0.3, -0.25) is 0 Å². The van der Waals surface area contributed by atoms with E-state index in [2.05, 4.69) is 24.3 Å². The van der Waals surface area contributed by atoms with Crippen LogP contribution in [0.5, 0.6) is 0 Å². The van der Waals surface area contributed by atoms with Gasteiger partial charge in [0.05, 0.1) is 5.69 Å². The quantitative estimate of drug-likeness (QED) is 0.785. The summed E-state index contributed by atoms with van der Waals surface area (Å²) in [5.41, 5.74) is 0.958. The van der Waals surface area contributed by atoms with E-state index in [4.69, 9.17) is 9.26 Å². The second-order valence-electron chi connectivity index (χ2n) is 5.97. The number of aromatic nitrogens is 1. The van der Waals surface area contributed by atoms with Crippen LogP contribution in [0.2, 0.25) is 0 Å². The van der Waals surface area contributed by atoms with Gasteiger partial charge in [-0.25, -0.2) is 0 Å². The van der Waals surface area contributed by atoms with Gasteiger partial charge in [0.15, 0.2) is 5.76 Å². The zero-order valence-electron chi connectivity index (χ0n) is 12.2. The Balaban J connectivity index is 1.62. The molecular formula is C15H26N2O2. The van der Waals surface area contributed by atoms with Crippen LogP contribution >= 0.6 is 0 Å². The highest BCUT2D eigenvalue weighted by Gasteiger charge is 2.15. The van der Waals surface area contributed by atoms with Gasteiger partial charge in [-0.05, 0) is 31.2 Å². The lowest BCUT2D eigenvalue weighted by Crippen LogP contribution is -2.19. The predicted molar refractivity (Wildman–Crippen MR) is 74.7 cm³/mol. The molecule has 0 spiro atoms. The normalized spacial score (nSPS) is 16.6. The van der Waals surface area contributed by atoms with Crippen LogP contribution in [0.4, 0.5) is 0 Å². The molecule has 1 N–H and O–H groups in total. The number of ether oxygens (including phenoxy) is 1. The lowest BCUT2D eigenvalue weighted by atomic mass is 10.1. The van der Waals surface area contributed by atoms with Crippen molar-refractivity contribution in [3.05, 3.63) is 17.5 Å². The van der Waals surface area contributed by atoms with Crippen LogP contribution in [0.3, 0.4) is 0 Å². The van der Waals surface area contributed by atoms with Gasteiger partial charge in [-0.1, -0.05) is 31.8 Å². The first-order valence-electron chi connectivity index (χ1n) is 7.47. The monoisotopic (exact) mass is 266 g/mol. The molecule has 0 radical (unpaired) electrons. The standard InChI is InChI=1S/C15H26N2O2/c1-12(2)8-16-9-14-7-15(19-17-14)11-18-10-13-5-3-4-6-13/h7,12-13,16H,3-6,8-11H2,1-2H3. The van der Waals surface area contributed by atoms with Crippen LogP contribution in [-0.4, -0.2) is 18.3 Å². The van der Waals surface area contributed by atoms with Gasteiger partial charge in [-0.2, -0.15) is 0 Å². The molecule has 0 aromatic carbocycles. The molecule has 0 amide bonds. The smallest absolute Gasteiger partial charge is 0.162 e. The molecule has 1 heterocycles. The van der Waals surface area contributed by atoms with Crippen molar-refractivity contribution in [3.63, 3.8) is 0 Å². The maximum atomic E-state index is 5.71. The molecule has 1 aromatic rings. The Hall–Kier alpha value is -0.870. The molecule has 0 saturated heterocycles. The molecule has 19 heavy (non-hydrogen) atoms. The van der Waals surface area contributed by atoms with Gasteiger partial charge in [0.1, 0.15) is 6.61 Å². The number of nitrogens with zero attached hydrogens (tertiary/aromatic N) is 1. The molecule has 1 saturated carbocycles. The fourth-order valence-corrected chi connectivity index (χ4v) is 2.50. The molecule has 1 aromatic heterocycles. The van der Waals surface area contributed by atoms with Gasteiger partial charge in [-0.15, -0.1) is 0 Å². The first-order valence-corrected chi connectivity index (χ1v) is 7.47. The van der Waals surface area contributed by atoms with E-state index in [-0.39, 0.29) is 0 Å². The summed E-state index contributed by atoms with van der Waals surface area (Å²) in [6.07, 6.45) is 5.37. The van der Waals surface area contributed by atoms with E-state index in [1.54, 1.807) is 0 Å². The molecule has 2 rings (SSSR count). The molecule has 1 aliphatic carbocycles. The second kappa shape index (κ2) is 7.65. The van der Waals surface area contributed by atoms with Crippen LogP contribution in [0, 0.1) is 11.8 Å². The molecule has 4 nitrogen and oxygen atoms in total. The minimum atomic E-state index is 0.549. The Labute approximate surface area is 115 Å². The van der Waals surface area contributed by atoms with Crippen molar-refractivity contribution >= 4 is 0 Å². The van der Waals surface area contributed by atoms with Crippen molar-refractivity contribution in [1.82, 2.24) is 10.5 Å². The Morgan fingerprint density at radius 3 is 2.95 bits per heavy atom. The summed E-state index contributed by atoms with van der Waals surface area (Å²) >= 11 is 0. The fraction of sp³-hybridized carbons (Fsp3) is 0.800. The summed E-state index contributed by atoms with van der Waals surface area (Å²) in [6.45, 7) is 7.57. The van der Waals surface area contributed by atoms with Gasteiger partial charge >= 0.3 is 0 Å². The Morgan fingerprint density at radius 2 is 2.21 bits per heavy atom.